The number of hydrogen-bond donors (Lipinski definition) is 0. The Labute approximate surface area is 114 Å². The summed E-state index contributed by atoms with van der Waals surface area (Å²) in [5, 5.41) is 0. The van der Waals surface area contributed by atoms with Gasteiger partial charge in [0.1, 0.15) is 5.82 Å². The maximum atomic E-state index is 13.0. The Balaban J connectivity index is 2.25. The molecule has 0 heterocycles. The molecule has 0 aliphatic rings. The van der Waals surface area contributed by atoms with E-state index in [1.54, 1.807) is 13.0 Å². The quantitative estimate of drug-likeness (QED) is 0.772. The fraction of sp³-hybridized carbons (Fsp3) is 0.133. The van der Waals surface area contributed by atoms with Crippen LogP contribution in [0, 0.1) is 12.7 Å². The van der Waals surface area contributed by atoms with Gasteiger partial charge >= 0.3 is 0 Å². The molecule has 0 N–H and O–H groups in total. The van der Waals surface area contributed by atoms with Crippen molar-refractivity contribution in [3.63, 3.8) is 0 Å². The van der Waals surface area contributed by atoms with E-state index in [0.29, 0.717) is 17.5 Å². The molecule has 0 unspecified atom stereocenters. The first kappa shape index (κ1) is 13.0. The van der Waals surface area contributed by atoms with E-state index in [1.165, 1.54) is 12.1 Å². The molecule has 0 aromatic heterocycles. The predicted molar refractivity (Wildman–Crippen MR) is 73.3 cm³/mol. The number of benzene rings is 2. The normalized spacial score (nSPS) is 10.4. The highest BCUT2D eigenvalue weighted by atomic mass is 79.9. The third-order valence-electron chi connectivity index (χ3n) is 2.80. The number of hydrogen-bond acceptors (Lipinski definition) is 1. The number of halogens is 2. The molecule has 18 heavy (non-hydrogen) atoms. The van der Waals surface area contributed by atoms with Crippen molar-refractivity contribution in [3.8, 4) is 0 Å². The zero-order chi connectivity index (χ0) is 13.1. The van der Waals surface area contributed by atoms with Crippen molar-refractivity contribution in [2.75, 3.05) is 0 Å². The summed E-state index contributed by atoms with van der Waals surface area (Å²) in [5.41, 5.74) is 2.19. The summed E-state index contributed by atoms with van der Waals surface area (Å²) >= 11 is 3.42. The van der Waals surface area contributed by atoms with Crippen molar-refractivity contribution in [2.45, 2.75) is 13.3 Å². The molecule has 0 spiro atoms. The molecule has 0 amide bonds. The molecule has 0 fully saturated rings. The first-order chi connectivity index (χ1) is 8.58. The van der Waals surface area contributed by atoms with Gasteiger partial charge in [-0.2, -0.15) is 0 Å². The van der Waals surface area contributed by atoms with E-state index in [4.69, 9.17) is 0 Å². The summed E-state index contributed by atoms with van der Waals surface area (Å²) in [6, 6.07) is 11.9. The Bertz CT molecular complexity index is 593. The largest absolute Gasteiger partial charge is 0.294 e. The van der Waals surface area contributed by atoms with Crippen LogP contribution in [0.5, 0.6) is 0 Å². The Morgan fingerprint density at radius 2 is 1.94 bits per heavy atom. The smallest absolute Gasteiger partial charge is 0.167 e. The average Bonchev–Trinajstić information content (AvgIpc) is 2.32. The fourth-order valence-corrected chi connectivity index (χ4v) is 2.27. The molecule has 0 bridgehead atoms. The number of rotatable bonds is 3. The van der Waals surface area contributed by atoms with Gasteiger partial charge in [-0.15, -0.1) is 0 Å². The molecule has 2 aromatic carbocycles. The number of Topliss-reactive ketones (excluding diaryl/α,β-unsaturated/α-hetero) is 1. The molecular weight excluding hydrogens is 295 g/mol. The molecule has 0 saturated carbocycles. The van der Waals surface area contributed by atoms with Gasteiger partial charge in [0.15, 0.2) is 5.78 Å². The van der Waals surface area contributed by atoms with E-state index in [1.807, 2.05) is 24.3 Å². The lowest BCUT2D eigenvalue weighted by molar-refractivity contribution is 0.0992. The van der Waals surface area contributed by atoms with Crippen LogP contribution in [0.25, 0.3) is 0 Å². The third-order valence-corrected chi connectivity index (χ3v) is 3.57. The standard InChI is InChI=1S/C15H12BrFO/c1-10-8-12(17)6-7-13(10)15(18)9-11-4-2-3-5-14(11)16/h2-8H,9H2,1H3. The van der Waals surface area contributed by atoms with Gasteiger partial charge in [0.05, 0.1) is 0 Å². The highest BCUT2D eigenvalue weighted by molar-refractivity contribution is 9.10. The molecular formula is C15H12BrFO. The first-order valence-electron chi connectivity index (χ1n) is 5.60. The van der Waals surface area contributed by atoms with E-state index in [2.05, 4.69) is 15.9 Å². The van der Waals surface area contributed by atoms with Gasteiger partial charge in [-0.1, -0.05) is 34.1 Å². The molecule has 0 radical (unpaired) electrons. The summed E-state index contributed by atoms with van der Waals surface area (Å²) in [7, 11) is 0. The molecule has 3 heteroatoms. The van der Waals surface area contributed by atoms with E-state index in [0.717, 1.165) is 10.0 Å². The molecule has 2 rings (SSSR count). The van der Waals surface area contributed by atoms with Crippen LogP contribution in [0.15, 0.2) is 46.9 Å². The van der Waals surface area contributed by atoms with E-state index in [-0.39, 0.29) is 11.6 Å². The Hall–Kier alpha value is -1.48. The number of ketones is 1. The van der Waals surface area contributed by atoms with Crippen LogP contribution in [0.1, 0.15) is 21.5 Å². The van der Waals surface area contributed by atoms with Crippen molar-refractivity contribution in [1.82, 2.24) is 0 Å². The van der Waals surface area contributed by atoms with E-state index < -0.39 is 0 Å². The number of carbonyl (C=O) groups is 1. The van der Waals surface area contributed by atoms with Gasteiger partial charge in [0.2, 0.25) is 0 Å². The van der Waals surface area contributed by atoms with Crippen LogP contribution in [-0.4, -0.2) is 5.78 Å². The summed E-state index contributed by atoms with van der Waals surface area (Å²) in [6.45, 7) is 1.75. The average molecular weight is 307 g/mol. The van der Waals surface area contributed by atoms with Crippen LogP contribution in [-0.2, 0) is 6.42 Å². The topological polar surface area (TPSA) is 17.1 Å². The van der Waals surface area contributed by atoms with Crippen molar-refractivity contribution in [1.29, 1.82) is 0 Å². The van der Waals surface area contributed by atoms with E-state index >= 15 is 0 Å². The molecule has 0 aliphatic heterocycles. The van der Waals surface area contributed by atoms with Gasteiger partial charge in [0, 0.05) is 16.5 Å². The second-order valence-corrected chi connectivity index (χ2v) is 5.00. The van der Waals surface area contributed by atoms with Gasteiger partial charge in [-0.05, 0) is 42.3 Å². The number of aryl methyl sites for hydroxylation is 1. The highest BCUT2D eigenvalue weighted by Crippen LogP contribution is 2.19. The predicted octanol–water partition coefficient (Wildman–Crippen LogP) is 4.32. The lowest BCUT2D eigenvalue weighted by Gasteiger charge is -2.06. The van der Waals surface area contributed by atoms with Crippen LogP contribution in [0.3, 0.4) is 0 Å². The number of carbonyl (C=O) groups excluding carboxylic acids is 1. The molecule has 0 atom stereocenters. The molecule has 2 aromatic rings. The van der Waals surface area contributed by atoms with Crippen LogP contribution >= 0.6 is 15.9 Å². The zero-order valence-corrected chi connectivity index (χ0v) is 11.5. The monoisotopic (exact) mass is 306 g/mol. The lowest BCUT2D eigenvalue weighted by Crippen LogP contribution is -2.06. The summed E-state index contributed by atoms with van der Waals surface area (Å²) < 4.78 is 13.9. The van der Waals surface area contributed by atoms with Gasteiger partial charge in [0.25, 0.3) is 0 Å². The lowest BCUT2D eigenvalue weighted by atomic mass is 9.99. The Morgan fingerprint density at radius 1 is 1.22 bits per heavy atom. The van der Waals surface area contributed by atoms with Crippen molar-refractivity contribution in [3.05, 3.63) is 69.4 Å². The van der Waals surface area contributed by atoms with Gasteiger partial charge < -0.3 is 0 Å². The highest BCUT2D eigenvalue weighted by Gasteiger charge is 2.11. The molecule has 0 saturated heterocycles. The Kier molecular flexibility index (Phi) is 3.92. The molecule has 0 aliphatic carbocycles. The third kappa shape index (κ3) is 2.85. The minimum absolute atomic E-state index is 0.000556. The second-order valence-electron chi connectivity index (χ2n) is 4.15. The van der Waals surface area contributed by atoms with Crippen LogP contribution in [0.2, 0.25) is 0 Å². The summed E-state index contributed by atoms with van der Waals surface area (Å²) in [4.78, 5) is 12.2. The summed E-state index contributed by atoms with van der Waals surface area (Å²) in [5.74, 6) is -0.315. The van der Waals surface area contributed by atoms with Gasteiger partial charge in [-0.25, -0.2) is 4.39 Å². The van der Waals surface area contributed by atoms with Crippen LogP contribution < -0.4 is 0 Å². The summed E-state index contributed by atoms with van der Waals surface area (Å²) in [6.07, 6.45) is 0.313. The van der Waals surface area contributed by atoms with Crippen molar-refractivity contribution in [2.24, 2.45) is 0 Å². The minimum Gasteiger partial charge on any atom is -0.294 e. The van der Waals surface area contributed by atoms with Gasteiger partial charge in [-0.3, -0.25) is 4.79 Å². The van der Waals surface area contributed by atoms with E-state index in [9.17, 15) is 9.18 Å². The second kappa shape index (κ2) is 5.44. The minimum atomic E-state index is -0.315. The molecule has 1 nitrogen and oxygen atoms in total. The maximum absolute atomic E-state index is 13.0. The van der Waals surface area contributed by atoms with Crippen LogP contribution in [0.4, 0.5) is 4.39 Å². The van der Waals surface area contributed by atoms with Crippen molar-refractivity contribution >= 4 is 21.7 Å². The maximum Gasteiger partial charge on any atom is 0.167 e. The molecule has 92 valence electrons. The fourth-order valence-electron chi connectivity index (χ4n) is 1.85. The first-order valence-corrected chi connectivity index (χ1v) is 6.40. The zero-order valence-electron chi connectivity index (χ0n) is 9.91. The SMILES string of the molecule is Cc1cc(F)ccc1C(=O)Cc1ccccc1Br. The van der Waals surface area contributed by atoms with Crippen molar-refractivity contribution < 1.29 is 9.18 Å². The Morgan fingerprint density at radius 3 is 2.61 bits per heavy atom.